The highest BCUT2D eigenvalue weighted by Crippen LogP contribution is 2.17. The molecule has 0 saturated heterocycles. The Bertz CT molecular complexity index is 407. The lowest BCUT2D eigenvalue weighted by Gasteiger charge is -2.22. The van der Waals surface area contributed by atoms with Gasteiger partial charge in [-0.3, -0.25) is 4.79 Å². The van der Waals surface area contributed by atoms with Crippen molar-refractivity contribution in [2.24, 2.45) is 11.7 Å². The molecule has 1 aromatic carbocycles. The fraction of sp³-hybridized carbons (Fsp3) is 0.500. The Hall–Kier alpha value is -1.06. The molecule has 0 saturated carbocycles. The Morgan fingerprint density at radius 2 is 2.00 bits per heavy atom. The van der Waals surface area contributed by atoms with Gasteiger partial charge in [0.2, 0.25) is 5.91 Å². The van der Waals surface area contributed by atoms with Crippen molar-refractivity contribution in [3.8, 4) is 0 Å². The van der Waals surface area contributed by atoms with E-state index in [2.05, 4.69) is 13.8 Å². The largest absolute Gasteiger partial charge is 0.340 e. The number of hydrogen-bond acceptors (Lipinski definition) is 2. The topological polar surface area (TPSA) is 46.3 Å². The van der Waals surface area contributed by atoms with Crippen LogP contribution in [0, 0.1) is 5.92 Å². The van der Waals surface area contributed by atoms with Crippen molar-refractivity contribution in [2.75, 3.05) is 7.05 Å². The lowest BCUT2D eigenvalue weighted by atomic mass is 10.0. The lowest BCUT2D eigenvalue weighted by Crippen LogP contribution is -2.42. The fourth-order valence-electron chi connectivity index (χ4n) is 1.85. The molecule has 0 aliphatic heterocycles. The maximum Gasteiger partial charge on any atom is 0.239 e. The van der Waals surface area contributed by atoms with Crippen LogP contribution in [0.25, 0.3) is 0 Å². The minimum absolute atomic E-state index is 0.0383. The van der Waals surface area contributed by atoms with E-state index < -0.39 is 6.04 Å². The van der Waals surface area contributed by atoms with Crippen LogP contribution in [-0.2, 0) is 11.3 Å². The summed E-state index contributed by atoms with van der Waals surface area (Å²) >= 11 is 6.07. The molecule has 0 heterocycles. The van der Waals surface area contributed by atoms with Crippen molar-refractivity contribution >= 4 is 17.5 Å². The molecule has 0 aromatic heterocycles. The van der Waals surface area contributed by atoms with E-state index in [-0.39, 0.29) is 5.91 Å². The second kappa shape index (κ2) is 6.76. The first-order valence-electron chi connectivity index (χ1n) is 6.15. The van der Waals surface area contributed by atoms with Crippen LogP contribution in [-0.4, -0.2) is 23.9 Å². The van der Waals surface area contributed by atoms with Gasteiger partial charge >= 0.3 is 0 Å². The second-order valence-corrected chi connectivity index (χ2v) is 5.43. The first kappa shape index (κ1) is 15.0. The van der Waals surface area contributed by atoms with E-state index in [1.807, 2.05) is 24.3 Å². The molecular weight excluding hydrogens is 248 g/mol. The Balaban J connectivity index is 2.63. The first-order chi connectivity index (χ1) is 8.41. The average molecular weight is 269 g/mol. The zero-order valence-electron chi connectivity index (χ0n) is 11.2. The summed E-state index contributed by atoms with van der Waals surface area (Å²) < 4.78 is 0. The summed E-state index contributed by atoms with van der Waals surface area (Å²) in [6.07, 6.45) is 0.700. The maximum absolute atomic E-state index is 12.1. The van der Waals surface area contributed by atoms with Crippen LogP contribution in [0.5, 0.6) is 0 Å². The molecule has 1 rings (SSSR count). The third-order valence-corrected chi connectivity index (χ3v) is 3.15. The second-order valence-electron chi connectivity index (χ2n) is 5.02. The molecule has 3 nitrogen and oxygen atoms in total. The average Bonchev–Trinajstić information content (AvgIpc) is 2.30. The zero-order chi connectivity index (χ0) is 13.7. The Morgan fingerprint density at radius 1 is 1.39 bits per heavy atom. The van der Waals surface area contributed by atoms with Crippen molar-refractivity contribution in [1.29, 1.82) is 0 Å². The summed E-state index contributed by atoms with van der Waals surface area (Å²) in [4.78, 5) is 13.7. The van der Waals surface area contributed by atoms with Gasteiger partial charge in [0.15, 0.2) is 0 Å². The highest BCUT2D eigenvalue weighted by molar-refractivity contribution is 6.31. The van der Waals surface area contributed by atoms with Gasteiger partial charge in [0.25, 0.3) is 0 Å². The molecule has 0 radical (unpaired) electrons. The highest BCUT2D eigenvalue weighted by Gasteiger charge is 2.19. The van der Waals surface area contributed by atoms with Gasteiger partial charge in [-0.05, 0) is 24.0 Å². The van der Waals surface area contributed by atoms with Crippen molar-refractivity contribution in [3.63, 3.8) is 0 Å². The molecule has 18 heavy (non-hydrogen) atoms. The van der Waals surface area contributed by atoms with E-state index >= 15 is 0 Å². The lowest BCUT2D eigenvalue weighted by molar-refractivity contribution is -0.132. The molecule has 4 heteroatoms. The van der Waals surface area contributed by atoms with Crippen LogP contribution >= 0.6 is 11.6 Å². The van der Waals surface area contributed by atoms with Gasteiger partial charge in [-0.1, -0.05) is 43.6 Å². The van der Waals surface area contributed by atoms with Crippen LogP contribution in [0.15, 0.2) is 24.3 Å². The Morgan fingerprint density at radius 3 is 2.56 bits per heavy atom. The molecule has 1 amide bonds. The van der Waals surface area contributed by atoms with Gasteiger partial charge in [0, 0.05) is 18.6 Å². The van der Waals surface area contributed by atoms with Gasteiger partial charge in [0.1, 0.15) is 0 Å². The first-order valence-corrected chi connectivity index (χ1v) is 6.53. The third kappa shape index (κ3) is 4.31. The number of benzene rings is 1. The van der Waals surface area contributed by atoms with Gasteiger partial charge in [0.05, 0.1) is 6.04 Å². The van der Waals surface area contributed by atoms with Gasteiger partial charge in [-0.2, -0.15) is 0 Å². The minimum Gasteiger partial charge on any atom is -0.340 e. The van der Waals surface area contributed by atoms with E-state index in [1.54, 1.807) is 11.9 Å². The van der Waals surface area contributed by atoms with Crippen molar-refractivity contribution in [1.82, 2.24) is 4.90 Å². The summed E-state index contributed by atoms with van der Waals surface area (Å²) in [7, 11) is 1.76. The van der Waals surface area contributed by atoms with Gasteiger partial charge in [-0.15, -0.1) is 0 Å². The number of halogens is 1. The SMILES string of the molecule is CC(C)CC(N)C(=O)N(C)Cc1ccccc1Cl. The molecular formula is C14H21ClN2O. The monoisotopic (exact) mass is 268 g/mol. The number of rotatable bonds is 5. The Kier molecular flexibility index (Phi) is 5.63. The van der Waals surface area contributed by atoms with Crippen molar-refractivity contribution in [3.05, 3.63) is 34.9 Å². The molecule has 2 N–H and O–H groups in total. The smallest absolute Gasteiger partial charge is 0.239 e. The predicted octanol–water partition coefficient (Wildman–Crippen LogP) is 2.67. The number of carbonyl (C=O) groups excluding carboxylic acids is 1. The van der Waals surface area contributed by atoms with Crippen LogP contribution in [0.3, 0.4) is 0 Å². The third-order valence-electron chi connectivity index (χ3n) is 2.78. The van der Waals surface area contributed by atoms with E-state index in [4.69, 9.17) is 17.3 Å². The van der Waals surface area contributed by atoms with Gasteiger partial charge in [-0.25, -0.2) is 0 Å². The molecule has 1 unspecified atom stereocenters. The highest BCUT2D eigenvalue weighted by atomic mass is 35.5. The molecule has 1 aromatic rings. The van der Waals surface area contributed by atoms with E-state index in [0.717, 1.165) is 5.56 Å². The molecule has 0 spiro atoms. The zero-order valence-corrected chi connectivity index (χ0v) is 11.9. The molecule has 100 valence electrons. The fourth-order valence-corrected chi connectivity index (χ4v) is 2.05. The normalized spacial score (nSPS) is 12.6. The van der Waals surface area contributed by atoms with Crippen molar-refractivity contribution in [2.45, 2.75) is 32.9 Å². The summed E-state index contributed by atoms with van der Waals surface area (Å²) in [5.74, 6) is 0.376. The van der Waals surface area contributed by atoms with Crippen LogP contribution in [0.1, 0.15) is 25.8 Å². The Labute approximate surface area is 114 Å². The van der Waals surface area contributed by atoms with E-state index in [1.165, 1.54) is 0 Å². The summed E-state index contributed by atoms with van der Waals surface area (Å²) in [5.41, 5.74) is 6.82. The number of carbonyl (C=O) groups is 1. The quantitative estimate of drug-likeness (QED) is 0.892. The standard InChI is InChI=1S/C14H21ClN2O/c1-10(2)8-13(16)14(18)17(3)9-11-6-4-5-7-12(11)15/h4-7,10,13H,8-9,16H2,1-3H3. The summed E-state index contributed by atoms with van der Waals surface area (Å²) in [6.45, 7) is 4.60. The number of nitrogens with zero attached hydrogens (tertiary/aromatic N) is 1. The summed E-state index contributed by atoms with van der Waals surface area (Å²) in [5, 5.41) is 0.676. The molecule has 0 fully saturated rings. The molecule has 1 atom stereocenters. The summed E-state index contributed by atoms with van der Waals surface area (Å²) in [6, 6.07) is 7.09. The van der Waals surface area contributed by atoms with Crippen molar-refractivity contribution < 1.29 is 4.79 Å². The number of hydrogen-bond donors (Lipinski definition) is 1. The van der Waals surface area contributed by atoms with Crippen LogP contribution in [0.2, 0.25) is 5.02 Å². The van der Waals surface area contributed by atoms with Crippen LogP contribution in [0.4, 0.5) is 0 Å². The van der Waals surface area contributed by atoms with Gasteiger partial charge < -0.3 is 10.6 Å². The minimum atomic E-state index is -0.433. The molecule has 0 aliphatic carbocycles. The maximum atomic E-state index is 12.1. The van der Waals surface area contributed by atoms with Crippen LogP contribution < -0.4 is 5.73 Å². The molecule has 0 bridgehead atoms. The van der Waals surface area contributed by atoms with E-state index in [9.17, 15) is 4.79 Å². The van der Waals surface area contributed by atoms with E-state index in [0.29, 0.717) is 23.9 Å². The number of likely N-dealkylation sites (N-methyl/N-ethyl adjacent to an activating group) is 1. The number of nitrogens with two attached hydrogens (primary N) is 1. The predicted molar refractivity (Wildman–Crippen MR) is 75.4 cm³/mol. The molecule has 0 aliphatic rings. The number of amides is 1.